The lowest BCUT2D eigenvalue weighted by Gasteiger charge is -2.34. The fourth-order valence-electron chi connectivity index (χ4n) is 2.28. The van der Waals surface area contributed by atoms with Crippen LogP contribution in [0.1, 0.15) is 47.0 Å². The molecule has 0 amide bonds. The second-order valence-corrected chi connectivity index (χ2v) is 5.31. The maximum atomic E-state index is 6.10. The van der Waals surface area contributed by atoms with Crippen LogP contribution in [0, 0.1) is 11.8 Å². The average Bonchev–Trinajstić information content (AvgIpc) is 2.22. The summed E-state index contributed by atoms with van der Waals surface area (Å²) in [6, 6.07) is 0.444. The molecular formula is C13H27NO. The minimum Gasteiger partial charge on any atom is -0.374 e. The Hall–Kier alpha value is -0.0800. The summed E-state index contributed by atoms with van der Waals surface area (Å²) in [4.78, 5) is 0. The van der Waals surface area contributed by atoms with E-state index in [-0.39, 0.29) is 0 Å². The highest BCUT2D eigenvalue weighted by atomic mass is 16.5. The Morgan fingerprint density at radius 1 is 1.13 bits per heavy atom. The van der Waals surface area contributed by atoms with Gasteiger partial charge in [-0.2, -0.15) is 0 Å². The Bertz CT molecular complexity index is 183. The van der Waals surface area contributed by atoms with Crippen molar-refractivity contribution in [3.8, 4) is 0 Å². The lowest BCUT2D eigenvalue weighted by atomic mass is 9.80. The smallest absolute Gasteiger partial charge is 0.0700 e. The number of likely N-dealkylation sites (N-methyl/N-ethyl adjacent to an activating group) is 1. The van der Waals surface area contributed by atoms with E-state index >= 15 is 0 Å². The summed E-state index contributed by atoms with van der Waals surface area (Å²) < 4.78 is 6.10. The van der Waals surface area contributed by atoms with Gasteiger partial charge in [-0.1, -0.05) is 13.8 Å². The monoisotopic (exact) mass is 213 g/mol. The number of hydrogen-bond donors (Lipinski definition) is 1. The van der Waals surface area contributed by atoms with Gasteiger partial charge in [0.15, 0.2) is 0 Å². The summed E-state index contributed by atoms with van der Waals surface area (Å²) in [6.07, 6.45) is 4.61. The fraction of sp³-hybridized carbons (Fsp3) is 1.00. The first-order valence-corrected chi connectivity index (χ1v) is 6.37. The predicted molar refractivity (Wildman–Crippen MR) is 65.0 cm³/mol. The van der Waals surface area contributed by atoms with E-state index in [0.717, 1.165) is 11.8 Å². The third-order valence-electron chi connectivity index (χ3n) is 4.12. The van der Waals surface area contributed by atoms with E-state index < -0.39 is 0 Å². The van der Waals surface area contributed by atoms with Crippen LogP contribution < -0.4 is 5.32 Å². The van der Waals surface area contributed by atoms with Crippen molar-refractivity contribution in [2.24, 2.45) is 11.8 Å². The first-order chi connectivity index (χ1) is 7.04. The van der Waals surface area contributed by atoms with Crippen LogP contribution >= 0.6 is 0 Å². The Morgan fingerprint density at radius 3 is 2.33 bits per heavy atom. The molecule has 0 aromatic heterocycles. The molecule has 1 saturated carbocycles. The van der Waals surface area contributed by atoms with Gasteiger partial charge in [0.1, 0.15) is 0 Å². The highest BCUT2D eigenvalue weighted by molar-refractivity contribution is 4.77. The topological polar surface area (TPSA) is 21.3 Å². The standard InChI is InChI=1S/C13H27NO/c1-9-6-7-13(8-10(9)2)15-12(4)11(3)14-5/h9-14H,6-8H2,1-5H3. The van der Waals surface area contributed by atoms with Crippen molar-refractivity contribution < 1.29 is 4.74 Å². The molecule has 90 valence electrons. The average molecular weight is 213 g/mol. The molecule has 5 atom stereocenters. The molecule has 0 saturated heterocycles. The zero-order valence-corrected chi connectivity index (χ0v) is 10.9. The van der Waals surface area contributed by atoms with Crippen LogP contribution in [0.4, 0.5) is 0 Å². The molecule has 0 bridgehead atoms. The van der Waals surface area contributed by atoms with Gasteiger partial charge in [0.05, 0.1) is 12.2 Å². The molecule has 5 unspecified atom stereocenters. The first-order valence-electron chi connectivity index (χ1n) is 6.37. The van der Waals surface area contributed by atoms with Crippen molar-refractivity contribution >= 4 is 0 Å². The van der Waals surface area contributed by atoms with Crippen LogP contribution in [-0.2, 0) is 4.74 Å². The van der Waals surface area contributed by atoms with Crippen molar-refractivity contribution in [3.63, 3.8) is 0 Å². The van der Waals surface area contributed by atoms with Crippen LogP contribution in [0.3, 0.4) is 0 Å². The first kappa shape index (κ1) is 13.0. The zero-order chi connectivity index (χ0) is 11.4. The minimum atomic E-state index is 0.320. The Labute approximate surface area is 94.8 Å². The van der Waals surface area contributed by atoms with E-state index in [1.165, 1.54) is 19.3 Å². The predicted octanol–water partition coefficient (Wildman–Crippen LogP) is 2.82. The van der Waals surface area contributed by atoms with E-state index in [2.05, 4.69) is 33.0 Å². The van der Waals surface area contributed by atoms with Crippen LogP contribution in [0.15, 0.2) is 0 Å². The number of hydrogen-bond acceptors (Lipinski definition) is 2. The quantitative estimate of drug-likeness (QED) is 0.775. The summed E-state index contributed by atoms with van der Waals surface area (Å²) in [5.41, 5.74) is 0. The summed E-state index contributed by atoms with van der Waals surface area (Å²) >= 11 is 0. The Kier molecular flexibility index (Phi) is 5.07. The van der Waals surface area contributed by atoms with Crippen molar-refractivity contribution in [3.05, 3.63) is 0 Å². The molecule has 1 fully saturated rings. The molecule has 2 nitrogen and oxygen atoms in total. The molecule has 0 spiro atoms. The Morgan fingerprint density at radius 2 is 1.80 bits per heavy atom. The number of rotatable bonds is 4. The van der Waals surface area contributed by atoms with Crippen molar-refractivity contribution in [1.82, 2.24) is 5.32 Å². The summed E-state index contributed by atoms with van der Waals surface area (Å²) in [6.45, 7) is 9.07. The van der Waals surface area contributed by atoms with Gasteiger partial charge in [-0.3, -0.25) is 0 Å². The van der Waals surface area contributed by atoms with Gasteiger partial charge in [-0.15, -0.1) is 0 Å². The maximum Gasteiger partial charge on any atom is 0.0700 e. The molecule has 0 aromatic carbocycles. The van der Waals surface area contributed by atoms with Crippen molar-refractivity contribution in [2.45, 2.75) is 65.2 Å². The largest absolute Gasteiger partial charge is 0.374 e. The molecule has 2 heteroatoms. The SMILES string of the molecule is CNC(C)C(C)OC1CCC(C)C(C)C1. The van der Waals surface area contributed by atoms with Crippen LogP contribution in [-0.4, -0.2) is 25.3 Å². The van der Waals surface area contributed by atoms with Crippen molar-refractivity contribution in [2.75, 3.05) is 7.05 Å². The highest BCUT2D eigenvalue weighted by Crippen LogP contribution is 2.31. The summed E-state index contributed by atoms with van der Waals surface area (Å²) in [5.74, 6) is 1.70. The van der Waals surface area contributed by atoms with Gasteiger partial charge in [-0.25, -0.2) is 0 Å². The van der Waals surface area contributed by atoms with Crippen LogP contribution in [0.25, 0.3) is 0 Å². The molecule has 1 aliphatic carbocycles. The van der Waals surface area contributed by atoms with E-state index in [1.54, 1.807) is 0 Å². The van der Waals surface area contributed by atoms with E-state index in [4.69, 9.17) is 4.74 Å². The normalized spacial score (nSPS) is 36.2. The van der Waals surface area contributed by atoms with Gasteiger partial charge >= 0.3 is 0 Å². The molecule has 15 heavy (non-hydrogen) atoms. The molecule has 0 radical (unpaired) electrons. The van der Waals surface area contributed by atoms with Gasteiger partial charge in [0.2, 0.25) is 0 Å². The lowest BCUT2D eigenvalue weighted by Crippen LogP contribution is -2.39. The third kappa shape index (κ3) is 3.76. The number of nitrogens with one attached hydrogen (secondary N) is 1. The number of ether oxygens (including phenoxy) is 1. The van der Waals surface area contributed by atoms with Crippen LogP contribution in [0.2, 0.25) is 0 Å². The molecule has 1 N–H and O–H groups in total. The molecule has 0 aromatic rings. The molecular weight excluding hydrogens is 186 g/mol. The maximum absolute atomic E-state index is 6.10. The summed E-state index contributed by atoms with van der Waals surface area (Å²) in [7, 11) is 2.00. The fourth-order valence-corrected chi connectivity index (χ4v) is 2.28. The minimum absolute atomic E-state index is 0.320. The Balaban J connectivity index is 2.33. The van der Waals surface area contributed by atoms with Crippen molar-refractivity contribution in [1.29, 1.82) is 0 Å². The second-order valence-electron chi connectivity index (χ2n) is 5.31. The second kappa shape index (κ2) is 5.86. The van der Waals surface area contributed by atoms with Gasteiger partial charge in [0, 0.05) is 6.04 Å². The van der Waals surface area contributed by atoms with E-state index in [0.29, 0.717) is 18.2 Å². The molecule has 0 aliphatic heterocycles. The lowest BCUT2D eigenvalue weighted by molar-refractivity contribution is -0.0503. The summed E-state index contributed by atoms with van der Waals surface area (Å²) in [5, 5.41) is 3.25. The molecule has 0 heterocycles. The van der Waals surface area contributed by atoms with Crippen LogP contribution in [0.5, 0.6) is 0 Å². The molecule has 1 aliphatic rings. The van der Waals surface area contributed by atoms with E-state index in [1.807, 2.05) is 7.05 Å². The van der Waals surface area contributed by atoms with Gasteiger partial charge in [-0.05, 0) is 52.0 Å². The zero-order valence-electron chi connectivity index (χ0n) is 10.9. The van der Waals surface area contributed by atoms with E-state index in [9.17, 15) is 0 Å². The van der Waals surface area contributed by atoms with Gasteiger partial charge < -0.3 is 10.1 Å². The highest BCUT2D eigenvalue weighted by Gasteiger charge is 2.26. The van der Waals surface area contributed by atoms with Gasteiger partial charge in [0.25, 0.3) is 0 Å². The third-order valence-corrected chi connectivity index (χ3v) is 4.12. The molecule has 1 rings (SSSR count).